The molecule has 0 radical (unpaired) electrons. The summed E-state index contributed by atoms with van der Waals surface area (Å²) in [6.07, 6.45) is -51.2. The number of hydrogen-bond acceptors (Lipinski definition) is 31. The standard InChI is InChI=1S/C43H76N2O30/c1-13-21(52)25(56)29(60)40(65-13)75-37-26(57)22(53)15(8-46)68-43(37)73-35-20(45-14(2)51)38(66-16(9-47)23(35)54)74-36-24(55)17(10-48)67-42(32(36)63)72-34-19(12-50)70-41(31(62)28(34)59)71-33-18(11-49)69-39(30(61)27(33)58)64-7-5-3-4-6-44/h13,15-43,46-50,52-63H,3-12,44H2,1-2H3,(H,45,51)/t13?,15?,16?,17?,18?,19?,20?,21-,22-,23-,24-,25+,26-,27+,28+,29?,30?,31?,32?,33-,34-,35+,36-,37?,38-,39+,40-,41-,42-,43-/m0/s1. The van der Waals surface area contributed by atoms with Gasteiger partial charge >= 0.3 is 0 Å². The van der Waals surface area contributed by atoms with Crippen LogP contribution >= 0.6 is 0 Å². The minimum atomic E-state index is -2.21. The SMILES string of the molecule is CC(=O)NC1[C@H](O[C@@H]2C(O)[C@H](O[C@H]3C(CO)O[C@@H](O[C@H]4C(CO)O[C@@H](OCCCCCN)C(O)[C@H]4O)C(O)[C@H]3O)OC(CO)[C@@H]2O)OC(CO)[C@H](O)[C@@H]1O[C@@H]1OC(CO)[C@H](O)[C@H](O)C1O[C@@H]1OC(C)[C@H](O)[C@@H](O)C1O. The van der Waals surface area contributed by atoms with Gasteiger partial charge in [-0.1, -0.05) is 0 Å². The number of carbonyl (C=O) groups is 1. The lowest BCUT2D eigenvalue weighted by Crippen LogP contribution is -2.70. The number of aliphatic hydroxyl groups is 17. The second-order valence-electron chi connectivity index (χ2n) is 19.2. The fourth-order valence-corrected chi connectivity index (χ4v) is 9.59. The predicted octanol–water partition coefficient (Wildman–Crippen LogP) is -11.8. The van der Waals surface area contributed by atoms with E-state index in [2.05, 4.69) is 5.32 Å². The third-order valence-corrected chi connectivity index (χ3v) is 13.9. The summed E-state index contributed by atoms with van der Waals surface area (Å²) in [5.41, 5.74) is 5.51. The molecule has 0 aromatic heterocycles. The molecule has 6 fully saturated rings. The van der Waals surface area contributed by atoms with Crippen molar-refractivity contribution in [3.05, 3.63) is 0 Å². The van der Waals surface area contributed by atoms with Crippen molar-refractivity contribution in [2.45, 2.75) is 217 Å². The second kappa shape index (κ2) is 28.1. The molecule has 6 aliphatic rings. The molecule has 32 nitrogen and oxygen atoms in total. The van der Waals surface area contributed by atoms with E-state index < -0.39 is 223 Å². The molecule has 6 rings (SSSR count). The highest BCUT2D eigenvalue weighted by Crippen LogP contribution is 2.37. The van der Waals surface area contributed by atoms with Crippen molar-refractivity contribution < 1.29 is 148 Å². The van der Waals surface area contributed by atoms with Crippen LogP contribution in [0.25, 0.3) is 0 Å². The molecule has 0 saturated carbocycles. The number of hydrogen-bond donors (Lipinski definition) is 19. The van der Waals surface area contributed by atoms with E-state index in [9.17, 15) is 91.6 Å². The zero-order valence-electron chi connectivity index (χ0n) is 40.9. The lowest BCUT2D eigenvalue weighted by atomic mass is 9.94. The van der Waals surface area contributed by atoms with Gasteiger partial charge in [0, 0.05) is 13.5 Å². The van der Waals surface area contributed by atoms with Gasteiger partial charge in [0.1, 0.15) is 140 Å². The number of ether oxygens (including phenoxy) is 12. The average Bonchev–Trinajstić information content (AvgIpc) is 3.39. The van der Waals surface area contributed by atoms with Crippen molar-refractivity contribution in [3.63, 3.8) is 0 Å². The van der Waals surface area contributed by atoms with E-state index in [-0.39, 0.29) is 6.61 Å². The maximum atomic E-state index is 12.8. The molecule has 438 valence electrons. The average molecular weight is 1100 g/mol. The Kier molecular flexibility index (Phi) is 23.4. The molecular weight excluding hydrogens is 1020 g/mol. The Morgan fingerprint density at radius 2 is 0.827 bits per heavy atom. The minimum absolute atomic E-state index is 0.111. The van der Waals surface area contributed by atoms with Crippen molar-refractivity contribution in [2.75, 3.05) is 46.2 Å². The lowest BCUT2D eigenvalue weighted by Gasteiger charge is -2.51. The first-order valence-corrected chi connectivity index (χ1v) is 24.7. The molecule has 1 amide bonds. The predicted molar refractivity (Wildman–Crippen MR) is 236 cm³/mol. The first kappa shape index (κ1) is 62.5. The number of aliphatic hydroxyl groups excluding tert-OH is 17. The normalized spacial score (nSPS) is 48.9. The highest BCUT2D eigenvalue weighted by atomic mass is 16.8. The van der Waals surface area contributed by atoms with Crippen LogP contribution in [-0.4, -0.2) is 323 Å². The molecule has 75 heavy (non-hydrogen) atoms. The molecular formula is C43H76N2O30. The Labute approximate surface area is 428 Å². The van der Waals surface area contributed by atoms with Crippen molar-refractivity contribution >= 4 is 5.91 Å². The molecule has 0 spiro atoms. The van der Waals surface area contributed by atoms with Crippen LogP contribution in [0.4, 0.5) is 0 Å². The second-order valence-corrected chi connectivity index (χ2v) is 19.2. The maximum Gasteiger partial charge on any atom is 0.217 e. The summed E-state index contributed by atoms with van der Waals surface area (Å²) >= 11 is 0. The molecule has 6 saturated heterocycles. The summed E-state index contributed by atoms with van der Waals surface area (Å²) in [6, 6.07) is -1.78. The van der Waals surface area contributed by atoms with Crippen molar-refractivity contribution in [1.82, 2.24) is 5.32 Å². The third-order valence-electron chi connectivity index (χ3n) is 13.9. The van der Waals surface area contributed by atoms with E-state index in [4.69, 9.17) is 62.6 Å². The van der Waals surface area contributed by atoms with Gasteiger partial charge in [-0.2, -0.15) is 0 Å². The van der Waals surface area contributed by atoms with Gasteiger partial charge in [0.2, 0.25) is 5.91 Å². The van der Waals surface area contributed by atoms with Crippen LogP contribution in [-0.2, 0) is 61.6 Å². The zero-order chi connectivity index (χ0) is 55.2. The molecule has 20 N–H and O–H groups in total. The van der Waals surface area contributed by atoms with Crippen molar-refractivity contribution in [3.8, 4) is 0 Å². The zero-order valence-corrected chi connectivity index (χ0v) is 40.9. The summed E-state index contributed by atoms with van der Waals surface area (Å²) < 4.78 is 69.1. The molecule has 6 aliphatic heterocycles. The van der Waals surface area contributed by atoms with E-state index in [1.165, 1.54) is 6.92 Å². The number of unbranched alkanes of at least 4 members (excludes halogenated alkanes) is 2. The highest BCUT2D eigenvalue weighted by molar-refractivity contribution is 5.73. The van der Waals surface area contributed by atoms with Crippen LogP contribution < -0.4 is 11.1 Å². The van der Waals surface area contributed by atoms with E-state index in [1.54, 1.807) is 0 Å². The quantitative estimate of drug-likeness (QED) is 0.0448. The third kappa shape index (κ3) is 14.1. The summed E-state index contributed by atoms with van der Waals surface area (Å²) in [7, 11) is 0. The van der Waals surface area contributed by atoms with Crippen LogP contribution in [0.3, 0.4) is 0 Å². The Morgan fingerprint density at radius 3 is 1.39 bits per heavy atom. The summed E-state index contributed by atoms with van der Waals surface area (Å²) in [5, 5.41) is 186. The minimum Gasteiger partial charge on any atom is -0.394 e. The lowest BCUT2D eigenvalue weighted by molar-refractivity contribution is -0.393. The molecule has 0 bridgehead atoms. The van der Waals surface area contributed by atoms with Gasteiger partial charge in [-0.15, -0.1) is 0 Å². The van der Waals surface area contributed by atoms with Crippen molar-refractivity contribution in [2.24, 2.45) is 5.73 Å². The first-order chi connectivity index (χ1) is 35.7. The molecule has 0 aromatic rings. The van der Waals surface area contributed by atoms with Crippen molar-refractivity contribution in [1.29, 1.82) is 0 Å². The van der Waals surface area contributed by atoms with Crippen LogP contribution in [0.1, 0.15) is 33.1 Å². The van der Waals surface area contributed by atoms with Gasteiger partial charge in [0.15, 0.2) is 37.7 Å². The fourth-order valence-electron chi connectivity index (χ4n) is 9.59. The topological polar surface area (TPSA) is 510 Å². The van der Waals surface area contributed by atoms with Gasteiger partial charge in [-0.25, -0.2) is 0 Å². The van der Waals surface area contributed by atoms with E-state index in [0.29, 0.717) is 19.4 Å². The molecule has 12 unspecified atom stereocenters. The number of amides is 1. The molecule has 0 aliphatic carbocycles. The van der Waals surface area contributed by atoms with Crippen LogP contribution in [0.15, 0.2) is 0 Å². The largest absolute Gasteiger partial charge is 0.394 e. The molecule has 6 heterocycles. The Balaban J connectivity index is 1.20. The van der Waals surface area contributed by atoms with Crippen LogP contribution in [0.2, 0.25) is 0 Å². The smallest absolute Gasteiger partial charge is 0.217 e. The molecule has 0 aromatic carbocycles. The number of nitrogens with two attached hydrogens (primary N) is 1. The van der Waals surface area contributed by atoms with Gasteiger partial charge in [-0.3, -0.25) is 4.79 Å². The summed E-state index contributed by atoms with van der Waals surface area (Å²) in [6.45, 7) is -1.86. The maximum absolute atomic E-state index is 12.8. The van der Waals surface area contributed by atoms with Gasteiger partial charge in [0.05, 0.1) is 39.1 Å². The number of rotatable bonds is 22. The Hall–Kier alpha value is -1.73. The molecule has 30 atom stereocenters. The number of nitrogens with one attached hydrogen (secondary N) is 1. The first-order valence-electron chi connectivity index (χ1n) is 24.7. The molecule has 32 heteroatoms. The summed E-state index contributed by atoms with van der Waals surface area (Å²) in [4.78, 5) is 12.8. The van der Waals surface area contributed by atoms with Crippen LogP contribution in [0, 0.1) is 0 Å². The highest BCUT2D eigenvalue weighted by Gasteiger charge is 2.58. The number of carbonyl (C=O) groups excluding carboxylic acids is 1. The Morgan fingerprint density at radius 1 is 0.413 bits per heavy atom. The van der Waals surface area contributed by atoms with E-state index >= 15 is 0 Å². The van der Waals surface area contributed by atoms with E-state index in [1.807, 2.05) is 0 Å². The van der Waals surface area contributed by atoms with Gasteiger partial charge < -0.3 is 155 Å². The fraction of sp³-hybridized carbons (Fsp3) is 0.977. The van der Waals surface area contributed by atoms with Crippen LogP contribution in [0.5, 0.6) is 0 Å². The van der Waals surface area contributed by atoms with Gasteiger partial charge in [-0.05, 0) is 32.7 Å². The van der Waals surface area contributed by atoms with E-state index in [0.717, 1.165) is 13.3 Å². The monoisotopic (exact) mass is 1100 g/mol. The summed E-state index contributed by atoms with van der Waals surface area (Å²) in [5.74, 6) is -0.858. The Bertz CT molecular complexity index is 1720. The van der Waals surface area contributed by atoms with Gasteiger partial charge in [0.25, 0.3) is 0 Å².